The Balaban J connectivity index is 2.57. The molecule has 2 aromatic rings. The van der Waals surface area contributed by atoms with Crippen LogP contribution in [0.5, 0.6) is 0 Å². The third kappa shape index (κ3) is 5.79. The highest BCUT2D eigenvalue weighted by Crippen LogP contribution is 2.54. The van der Waals surface area contributed by atoms with Crippen LogP contribution < -0.4 is 0 Å². The Morgan fingerprint density at radius 2 is 1.23 bits per heavy atom. The molecule has 31 heavy (non-hydrogen) atoms. The van der Waals surface area contributed by atoms with Gasteiger partial charge in [-0.3, -0.25) is 9.36 Å². The largest absolute Gasteiger partial charge is 0.468 e. The third-order valence-corrected chi connectivity index (χ3v) is 6.55. The molecular weight excluding hydrogens is 425 g/mol. The number of carbonyl (C=O) groups is 2. The van der Waals surface area contributed by atoms with E-state index in [4.69, 9.17) is 23.4 Å². The number of hydrogen-bond acceptors (Lipinski definition) is 9. The first-order valence-electron chi connectivity index (χ1n) is 9.13. The molecule has 2 rings (SSSR count). The zero-order chi connectivity index (χ0) is 22.9. The number of ether oxygens (including phenoxy) is 2. The molecule has 0 saturated carbocycles. The van der Waals surface area contributed by atoms with Crippen LogP contribution in [-0.2, 0) is 37.5 Å². The van der Waals surface area contributed by atoms with E-state index in [1.54, 1.807) is 24.3 Å². The van der Waals surface area contributed by atoms with E-state index < -0.39 is 31.3 Å². The van der Waals surface area contributed by atoms with Crippen molar-refractivity contribution in [2.24, 2.45) is 5.16 Å². The highest BCUT2D eigenvalue weighted by Gasteiger charge is 2.52. The average Bonchev–Trinajstić information content (AvgIpc) is 2.83. The lowest BCUT2D eigenvalue weighted by Gasteiger charge is -2.26. The standard InChI is InChI=1S/C21H24NO8P/c1-26-20(23)18(19(21(24)27-2)31(25,28-3)29-4)30-22-17(15-11-7-5-8-12-15)16-13-9-6-10-14-16/h5-14,18-19H,1-4H3. The first-order chi connectivity index (χ1) is 14.9. The van der Waals surface area contributed by atoms with Crippen molar-refractivity contribution in [3.63, 3.8) is 0 Å². The molecule has 0 spiro atoms. The smallest absolute Gasteiger partial charge is 0.351 e. The summed E-state index contributed by atoms with van der Waals surface area (Å²) in [6.45, 7) is 0. The number of carbonyl (C=O) groups excluding carboxylic acids is 2. The SMILES string of the molecule is COC(=O)C(ON=C(c1ccccc1)c1ccccc1)C(C(=O)OC)P(=O)(OC)OC. The molecule has 0 fully saturated rings. The summed E-state index contributed by atoms with van der Waals surface area (Å²) in [7, 11) is 0.166. The van der Waals surface area contributed by atoms with Crippen molar-refractivity contribution < 1.29 is 37.5 Å². The van der Waals surface area contributed by atoms with Gasteiger partial charge in [0.1, 0.15) is 5.71 Å². The van der Waals surface area contributed by atoms with Gasteiger partial charge in [-0.2, -0.15) is 0 Å². The topological polar surface area (TPSA) is 110 Å². The van der Waals surface area contributed by atoms with Crippen LogP contribution in [-0.4, -0.2) is 57.9 Å². The van der Waals surface area contributed by atoms with Gasteiger partial charge < -0.3 is 23.4 Å². The molecule has 0 aliphatic rings. The first kappa shape index (κ1) is 24.3. The number of benzene rings is 2. The summed E-state index contributed by atoms with van der Waals surface area (Å²) in [6, 6.07) is 18.1. The Morgan fingerprint density at radius 3 is 1.61 bits per heavy atom. The van der Waals surface area contributed by atoms with Gasteiger partial charge in [-0.1, -0.05) is 65.8 Å². The number of oxime groups is 1. The Kier molecular flexibility index (Phi) is 8.93. The lowest BCUT2D eigenvalue weighted by molar-refractivity contribution is -0.160. The summed E-state index contributed by atoms with van der Waals surface area (Å²) in [6.07, 6.45) is -1.76. The molecule has 2 unspecified atom stereocenters. The lowest BCUT2D eigenvalue weighted by Crippen LogP contribution is -2.43. The van der Waals surface area contributed by atoms with Gasteiger partial charge in [-0.05, 0) is 0 Å². The van der Waals surface area contributed by atoms with E-state index in [2.05, 4.69) is 5.16 Å². The van der Waals surface area contributed by atoms with Crippen LogP contribution in [0.15, 0.2) is 65.8 Å². The fraction of sp³-hybridized carbons (Fsp3) is 0.286. The van der Waals surface area contributed by atoms with Gasteiger partial charge in [0.2, 0.25) is 11.8 Å². The van der Waals surface area contributed by atoms with E-state index in [0.29, 0.717) is 16.8 Å². The van der Waals surface area contributed by atoms with E-state index in [-0.39, 0.29) is 0 Å². The van der Waals surface area contributed by atoms with Gasteiger partial charge in [-0.25, -0.2) is 4.79 Å². The maximum absolute atomic E-state index is 13.0. The molecular formula is C21H24NO8P. The van der Waals surface area contributed by atoms with E-state index in [1.165, 1.54) is 0 Å². The maximum Gasteiger partial charge on any atom is 0.351 e. The second-order valence-electron chi connectivity index (χ2n) is 6.09. The average molecular weight is 449 g/mol. The molecule has 0 bridgehead atoms. The molecule has 10 heteroatoms. The van der Waals surface area contributed by atoms with Crippen LogP contribution in [0.4, 0.5) is 0 Å². The van der Waals surface area contributed by atoms with Crippen molar-refractivity contribution in [2.45, 2.75) is 11.8 Å². The number of esters is 2. The van der Waals surface area contributed by atoms with Gasteiger partial charge in [0.05, 0.1) is 14.2 Å². The monoisotopic (exact) mass is 449 g/mol. The summed E-state index contributed by atoms with van der Waals surface area (Å²) in [4.78, 5) is 30.4. The fourth-order valence-corrected chi connectivity index (χ4v) is 4.23. The second-order valence-corrected chi connectivity index (χ2v) is 8.46. The van der Waals surface area contributed by atoms with Gasteiger partial charge in [0.15, 0.2) is 0 Å². The molecule has 166 valence electrons. The van der Waals surface area contributed by atoms with Gasteiger partial charge in [0.25, 0.3) is 0 Å². The van der Waals surface area contributed by atoms with Crippen molar-refractivity contribution in [3.05, 3.63) is 71.8 Å². The number of methoxy groups -OCH3 is 2. The Morgan fingerprint density at radius 1 is 0.774 bits per heavy atom. The van der Waals surface area contributed by atoms with Crippen LogP contribution in [0, 0.1) is 0 Å². The Labute approximate surface area is 180 Å². The Bertz CT molecular complexity index is 899. The van der Waals surface area contributed by atoms with Crippen LogP contribution in [0.2, 0.25) is 0 Å². The first-order valence-corrected chi connectivity index (χ1v) is 10.7. The molecule has 2 atom stereocenters. The van der Waals surface area contributed by atoms with E-state index in [0.717, 1.165) is 28.4 Å². The number of nitrogens with zero attached hydrogens (tertiary/aromatic N) is 1. The van der Waals surface area contributed by atoms with E-state index >= 15 is 0 Å². The van der Waals surface area contributed by atoms with Gasteiger partial charge >= 0.3 is 19.5 Å². The highest BCUT2D eigenvalue weighted by molar-refractivity contribution is 7.55. The molecule has 0 N–H and O–H groups in total. The van der Waals surface area contributed by atoms with E-state index in [1.807, 2.05) is 36.4 Å². The quantitative estimate of drug-likeness (QED) is 0.236. The van der Waals surface area contributed by atoms with Crippen molar-refractivity contribution in [1.29, 1.82) is 0 Å². The summed E-state index contributed by atoms with van der Waals surface area (Å²) >= 11 is 0. The molecule has 0 aliphatic carbocycles. The molecule has 0 heterocycles. The second kappa shape index (κ2) is 11.4. The number of hydrogen-bond donors (Lipinski definition) is 0. The van der Waals surface area contributed by atoms with Crippen LogP contribution >= 0.6 is 7.60 Å². The minimum atomic E-state index is -4.16. The zero-order valence-electron chi connectivity index (χ0n) is 17.6. The van der Waals surface area contributed by atoms with Gasteiger partial charge in [-0.15, -0.1) is 0 Å². The zero-order valence-corrected chi connectivity index (χ0v) is 18.5. The van der Waals surface area contributed by atoms with Crippen molar-refractivity contribution in [1.82, 2.24) is 0 Å². The number of rotatable bonds is 10. The summed E-state index contributed by atoms with van der Waals surface area (Å²) in [5.74, 6) is -2.05. The maximum atomic E-state index is 13.0. The molecule has 9 nitrogen and oxygen atoms in total. The van der Waals surface area contributed by atoms with Crippen LogP contribution in [0.25, 0.3) is 0 Å². The minimum absolute atomic E-state index is 0.378. The van der Waals surface area contributed by atoms with Crippen molar-refractivity contribution in [2.75, 3.05) is 28.4 Å². The predicted molar refractivity (Wildman–Crippen MR) is 113 cm³/mol. The van der Waals surface area contributed by atoms with Gasteiger partial charge in [0, 0.05) is 25.3 Å². The molecule has 0 radical (unpaired) electrons. The lowest BCUT2D eigenvalue weighted by atomic mass is 10.0. The Hall–Kier alpha value is -3.00. The molecule has 0 amide bonds. The highest BCUT2D eigenvalue weighted by atomic mass is 31.2. The predicted octanol–water partition coefficient (Wildman–Crippen LogP) is 3.02. The molecule has 0 aliphatic heterocycles. The fourth-order valence-electron chi connectivity index (χ4n) is 2.76. The summed E-state index contributed by atoms with van der Waals surface area (Å²) in [5.41, 5.74) is -0.0120. The normalized spacial score (nSPS) is 12.9. The molecule has 0 saturated heterocycles. The van der Waals surface area contributed by atoms with Crippen LogP contribution in [0.1, 0.15) is 11.1 Å². The molecule has 2 aromatic carbocycles. The van der Waals surface area contributed by atoms with Crippen LogP contribution in [0.3, 0.4) is 0 Å². The van der Waals surface area contributed by atoms with E-state index in [9.17, 15) is 14.2 Å². The van der Waals surface area contributed by atoms with Crippen molar-refractivity contribution in [3.8, 4) is 0 Å². The van der Waals surface area contributed by atoms with Crippen molar-refractivity contribution >= 4 is 25.2 Å². The third-order valence-electron chi connectivity index (χ3n) is 4.36. The summed E-state index contributed by atoms with van der Waals surface area (Å²) in [5, 5.41) is 4.13. The summed E-state index contributed by atoms with van der Waals surface area (Å²) < 4.78 is 32.3. The minimum Gasteiger partial charge on any atom is -0.468 e. The molecule has 0 aromatic heterocycles.